The fraction of sp³-hybridized carbons (Fsp3) is 0.424. The van der Waals surface area contributed by atoms with Crippen LogP contribution in [-0.4, -0.2) is 124 Å². The van der Waals surface area contributed by atoms with Gasteiger partial charge < -0.3 is 45.7 Å². The predicted octanol–water partition coefficient (Wildman–Crippen LogP) is 4.41. The number of carboxylic acid groups (broad SMARTS) is 1. The summed E-state index contributed by atoms with van der Waals surface area (Å²) in [5, 5.41) is 42.0. The number of aliphatic hydroxyl groups excluding tert-OH is 2. The molecule has 7 N–H and O–H groups in total. The number of fused-ring (bicyclic) bond motifs is 7. The molecule has 1 saturated heterocycles. The highest BCUT2D eigenvalue weighted by molar-refractivity contribution is 6.12. The number of carboxylic acids is 1. The summed E-state index contributed by atoms with van der Waals surface area (Å²) in [5.74, 6) is -7.58. The molecular formula is C59H63FN6O15. The van der Waals surface area contributed by atoms with Crippen LogP contribution in [0.5, 0.6) is 0 Å². The van der Waals surface area contributed by atoms with E-state index in [1.165, 1.54) is 24.3 Å². The van der Waals surface area contributed by atoms with Crippen LogP contribution in [0.15, 0.2) is 109 Å². The molecule has 10 atom stereocenters. The number of aliphatic hydroxyl groups is 2. The molecule has 6 amide bonds. The summed E-state index contributed by atoms with van der Waals surface area (Å²) in [7, 11) is 0. The number of nitrogens with zero attached hydrogens (tertiary/aromatic N) is 2. The average Bonchev–Trinajstić information content (AvgIpc) is 1.83. The van der Waals surface area contributed by atoms with E-state index < -0.39 is 115 Å². The minimum atomic E-state index is -1.34. The number of aliphatic carboxylic acids is 1. The molecule has 6 aliphatic rings. The van der Waals surface area contributed by atoms with Gasteiger partial charge in [0.25, 0.3) is 11.8 Å². The van der Waals surface area contributed by atoms with Crippen LogP contribution in [0, 0.1) is 39.9 Å². The molecule has 0 aromatic heterocycles. The number of carbonyl (C=O) groups excluding carboxylic acids is 9. The van der Waals surface area contributed by atoms with Crippen molar-refractivity contribution in [3.8, 4) is 0 Å². The summed E-state index contributed by atoms with van der Waals surface area (Å²) < 4.78 is 21.5. The molecule has 0 bridgehead atoms. The topological polar surface area (TPSA) is 304 Å². The monoisotopic (exact) mass is 1110 g/mol. The van der Waals surface area contributed by atoms with Crippen molar-refractivity contribution in [3.63, 3.8) is 0 Å². The van der Waals surface area contributed by atoms with E-state index in [2.05, 4.69) is 37.9 Å². The number of hydrogen-bond donors (Lipinski definition) is 7. The number of anilines is 3. The van der Waals surface area contributed by atoms with Crippen LogP contribution in [0.3, 0.4) is 0 Å². The van der Waals surface area contributed by atoms with E-state index in [0.29, 0.717) is 49.2 Å². The Morgan fingerprint density at radius 2 is 1.54 bits per heavy atom. The third kappa shape index (κ3) is 11.8. The number of nitrogens with one attached hydrogen (secondary N) is 4. The quantitative estimate of drug-likeness (QED) is 0.0771. The molecule has 2 heterocycles. The lowest BCUT2D eigenvalue weighted by Gasteiger charge is -2.60. The van der Waals surface area contributed by atoms with E-state index in [4.69, 9.17) is 4.74 Å². The maximum Gasteiger partial charge on any atom is 0.411 e. The highest BCUT2D eigenvalue weighted by atomic mass is 19.1. The van der Waals surface area contributed by atoms with Gasteiger partial charge in [0.1, 0.15) is 25.4 Å². The first-order valence-electron chi connectivity index (χ1n) is 26.8. The normalized spacial score (nSPS) is 27.2. The van der Waals surface area contributed by atoms with E-state index in [-0.39, 0.29) is 65.4 Å². The number of hydrogen-bond acceptors (Lipinski definition) is 15. The lowest BCUT2D eigenvalue weighted by atomic mass is 9.44. The number of allylic oxidation sites excluding steroid dienone is 4. The first-order valence-corrected chi connectivity index (χ1v) is 26.8. The van der Waals surface area contributed by atoms with Crippen LogP contribution in [0.25, 0.3) is 0 Å². The second-order valence-electron chi connectivity index (χ2n) is 22.2. The third-order valence-electron chi connectivity index (χ3n) is 17.4. The molecule has 3 saturated carbocycles. The first-order chi connectivity index (χ1) is 38.6. The van der Waals surface area contributed by atoms with Gasteiger partial charge in [0.15, 0.2) is 11.6 Å². The van der Waals surface area contributed by atoms with E-state index in [9.17, 15) is 63.3 Å². The lowest BCUT2D eigenvalue weighted by molar-refractivity contribution is -0.196. The molecular weight excluding hydrogens is 1050 g/mol. The smallest absolute Gasteiger partial charge is 0.411 e. The number of ether oxygens (including phenoxy) is 1. The van der Waals surface area contributed by atoms with Crippen LogP contribution in [0.1, 0.15) is 75.5 Å². The van der Waals surface area contributed by atoms with E-state index in [0.717, 1.165) is 29.0 Å². The average molecular weight is 1120 g/mol. The minimum Gasteiger partial charge on any atom is -0.481 e. The van der Waals surface area contributed by atoms with Crippen molar-refractivity contribution >= 4 is 76.2 Å². The van der Waals surface area contributed by atoms with Gasteiger partial charge in [0.05, 0.1) is 24.5 Å². The summed E-state index contributed by atoms with van der Waals surface area (Å²) in [4.78, 5) is 131. The molecule has 426 valence electrons. The van der Waals surface area contributed by atoms with Crippen LogP contribution in [-0.2, 0) is 65.8 Å². The summed E-state index contributed by atoms with van der Waals surface area (Å²) in [6.45, 7) is 3.50. The Balaban J connectivity index is 0.736. The lowest BCUT2D eigenvalue weighted by Crippen LogP contribution is -2.61. The van der Waals surface area contributed by atoms with Crippen molar-refractivity contribution in [2.24, 2.45) is 39.9 Å². The Morgan fingerprint density at radius 1 is 0.827 bits per heavy atom. The van der Waals surface area contributed by atoms with Gasteiger partial charge in [-0.15, -0.1) is 0 Å². The predicted molar refractivity (Wildman–Crippen MR) is 287 cm³/mol. The number of rotatable bonds is 20. The van der Waals surface area contributed by atoms with Crippen molar-refractivity contribution in [1.29, 1.82) is 0 Å². The van der Waals surface area contributed by atoms with Gasteiger partial charge in [0.2, 0.25) is 17.7 Å². The third-order valence-corrected chi connectivity index (χ3v) is 17.4. The van der Waals surface area contributed by atoms with Gasteiger partial charge in [-0.05, 0) is 126 Å². The van der Waals surface area contributed by atoms with Crippen LogP contribution >= 0.6 is 0 Å². The maximum atomic E-state index is 16.1. The Labute approximate surface area is 464 Å². The fourth-order valence-corrected chi connectivity index (χ4v) is 13.7. The summed E-state index contributed by atoms with van der Waals surface area (Å²) in [6, 6.07) is 20.2. The van der Waals surface area contributed by atoms with Crippen molar-refractivity contribution in [2.75, 3.05) is 41.8 Å². The standard InChI is InChI=1S/C59H63FN6O15/c1-57-21-20-40(68)25-43(57)44(60)26-41-42-24-36-29-65(32-59(36,47(70)30-67)58(42,2)27-46(69)54(41)57)39-12-8-33(9-13-39)22-35-4-3-5-38(23-35)63-56(79)80-31-34-6-10-37(11-7-34)62-55(78)45(14-18-52(75)76)64-49(72)28-61-48(71)15-19-53(77)81-66-50(73)16-17-51(66)74/h3-13,16-17,20-21,23,25,36,41-42,44-46,54,67,69H,14-15,18-19,22,24,26-32H2,1-2H3,(H,61,71)(H,62,78)(H,63,79)(H,64,72)(H,75,76)/t36-,41-,42-,44-,45-,46-,54+,57-,58-,59+/m0/s1. The van der Waals surface area contributed by atoms with E-state index >= 15 is 4.39 Å². The Bertz CT molecular complexity index is 3130. The van der Waals surface area contributed by atoms with Crippen LogP contribution in [0.4, 0.5) is 26.2 Å². The number of carbonyl (C=O) groups is 10. The number of Topliss-reactive ketones (excluding diaryl/α,β-unsaturated/α-hetero) is 1. The van der Waals surface area contributed by atoms with Gasteiger partial charge in [-0.2, -0.15) is 0 Å². The number of hydroxylamine groups is 2. The highest BCUT2D eigenvalue weighted by Crippen LogP contribution is 2.73. The van der Waals surface area contributed by atoms with E-state index in [1.807, 2.05) is 43.3 Å². The van der Waals surface area contributed by atoms with Crippen LogP contribution < -0.4 is 26.2 Å². The van der Waals surface area contributed by atoms with Crippen molar-refractivity contribution in [2.45, 2.75) is 90.1 Å². The number of halogens is 1. The molecule has 0 spiro atoms. The van der Waals surface area contributed by atoms with Crippen molar-refractivity contribution in [1.82, 2.24) is 15.7 Å². The zero-order valence-electron chi connectivity index (χ0n) is 44.6. The first kappa shape index (κ1) is 57.3. The second kappa shape index (κ2) is 23.4. The Kier molecular flexibility index (Phi) is 16.5. The highest BCUT2D eigenvalue weighted by Gasteiger charge is 2.74. The summed E-state index contributed by atoms with van der Waals surface area (Å²) >= 11 is 0. The molecule has 0 radical (unpaired) electrons. The fourth-order valence-electron chi connectivity index (χ4n) is 13.7. The molecule has 3 aromatic rings. The van der Waals surface area contributed by atoms with Gasteiger partial charge in [-0.1, -0.05) is 61.4 Å². The van der Waals surface area contributed by atoms with E-state index in [1.54, 1.807) is 30.3 Å². The van der Waals surface area contributed by atoms with Crippen molar-refractivity contribution < 1.29 is 77.2 Å². The molecule has 0 unspecified atom stereocenters. The minimum absolute atomic E-state index is 0.0640. The van der Waals surface area contributed by atoms with Gasteiger partial charge in [-0.25, -0.2) is 14.0 Å². The zero-order chi connectivity index (χ0) is 58.0. The second-order valence-corrected chi connectivity index (χ2v) is 22.2. The molecule has 4 fully saturated rings. The zero-order valence-corrected chi connectivity index (χ0v) is 44.6. The molecule has 3 aromatic carbocycles. The Hall–Kier alpha value is -8.37. The largest absolute Gasteiger partial charge is 0.481 e. The summed E-state index contributed by atoms with van der Waals surface area (Å²) in [5.41, 5.74) is 2.08. The molecule has 22 heteroatoms. The number of imide groups is 1. The Morgan fingerprint density at radius 3 is 2.25 bits per heavy atom. The van der Waals surface area contributed by atoms with Crippen molar-refractivity contribution in [3.05, 3.63) is 125 Å². The number of amides is 6. The molecule has 2 aliphatic heterocycles. The van der Waals surface area contributed by atoms with Gasteiger partial charge in [0, 0.05) is 66.5 Å². The van der Waals surface area contributed by atoms with Gasteiger partial charge in [-0.3, -0.25) is 43.7 Å². The number of alkyl halides is 1. The molecule has 81 heavy (non-hydrogen) atoms. The molecule has 4 aliphatic carbocycles. The summed E-state index contributed by atoms with van der Waals surface area (Å²) in [6.07, 6.45) is 3.46. The molecule has 21 nitrogen and oxygen atoms in total. The van der Waals surface area contributed by atoms with Gasteiger partial charge >= 0.3 is 18.0 Å². The SMILES string of the molecule is C[C@]12C=CC(=O)C=C1[C@@H](F)C[C@@H]1[C@@H]2[C@@H](O)C[C@@]2(C)[C@H]1C[C@H]1CN(c3ccc(Cc4cccc(NC(=O)OCc5ccc(NC(=O)[C@H](CCC(=O)O)NC(=O)CNC(=O)CCC(=O)ON6C(=O)C=CC6=O)cc5)c4)cc3)C[C@]12C(=O)CO. The maximum absolute atomic E-state index is 16.1. The van der Waals surface area contributed by atoms with Crippen LogP contribution in [0.2, 0.25) is 0 Å². The number of ketones is 2. The number of benzene rings is 3. The molecule has 9 rings (SSSR count).